The molecule has 2 rings (SSSR count). The van der Waals surface area contributed by atoms with Crippen molar-refractivity contribution in [3.8, 4) is 0 Å². The van der Waals surface area contributed by atoms with Crippen LogP contribution in [0.25, 0.3) is 0 Å². The Hall–Kier alpha value is -0.790. The first-order chi connectivity index (χ1) is 6.59. The van der Waals surface area contributed by atoms with Gasteiger partial charge in [-0.15, -0.1) is 0 Å². The zero-order valence-electron chi connectivity index (χ0n) is 9.67. The molecule has 0 bridgehead atoms. The van der Waals surface area contributed by atoms with Crippen LogP contribution in [-0.4, -0.2) is 9.55 Å². The smallest absolute Gasteiger partial charge is 0.109 e. The average molecular weight is 192 g/mol. The molecule has 0 N–H and O–H groups in total. The van der Waals surface area contributed by atoms with Gasteiger partial charge in [0.1, 0.15) is 5.82 Å². The second-order valence-corrected chi connectivity index (χ2v) is 4.85. The minimum Gasteiger partial charge on any atom is -0.332 e. The van der Waals surface area contributed by atoms with E-state index in [1.807, 2.05) is 0 Å². The largest absolute Gasteiger partial charge is 0.332 e. The van der Waals surface area contributed by atoms with Crippen molar-refractivity contribution in [1.29, 1.82) is 0 Å². The van der Waals surface area contributed by atoms with E-state index in [9.17, 15) is 0 Å². The summed E-state index contributed by atoms with van der Waals surface area (Å²) >= 11 is 0. The van der Waals surface area contributed by atoms with Gasteiger partial charge in [0.15, 0.2) is 0 Å². The predicted molar refractivity (Wildman–Crippen MR) is 58.4 cm³/mol. The Kier molecular flexibility index (Phi) is 2.38. The third-order valence-corrected chi connectivity index (χ3v) is 3.65. The topological polar surface area (TPSA) is 17.8 Å². The van der Waals surface area contributed by atoms with Gasteiger partial charge < -0.3 is 4.57 Å². The minimum absolute atomic E-state index is 0.793. The summed E-state index contributed by atoms with van der Waals surface area (Å²) in [6.07, 6.45) is 2.49. The maximum Gasteiger partial charge on any atom is 0.109 e. The Balaban J connectivity index is 2.27. The predicted octanol–water partition coefficient (Wildman–Crippen LogP) is 2.72. The van der Waals surface area contributed by atoms with E-state index in [2.05, 4.69) is 37.2 Å². The molecule has 2 heterocycles. The van der Waals surface area contributed by atoms with E-state index in [1.165, 1.54) is 36.6 Å². The number of imidazole rings is 1. The minimum atomic E-state index is 0.793. The molecule has 1 aromatic heterocycles. The normalized spacial score (nSPS) is 21.4. The molecule has 1 atom stereocenters. The molecule has 78 valence electrons. The van der Waals surface area contributed by atoms with E-state index in [1.54, 1.807) is 0 Å². The third-order valence-electron chi connectivity index (χ3n) is 3.65. The van der Waals surface area contributed by atoms with Crippen molar-refractivity contribution in [2.45, 2.75) is 47.1 Å². The van der Waals surface area contributed by atoms with Crippen LogP contribution in [0.2, 0.25) is 0 Å². The Bertz CT molecular complexity index is 336. The van der Waals surface area contributed by atoms with Crippen LogP contribution in [-0.2, 0) is 13.0 Å². The highest BCUT2D eigenvalue weighted by Crippen LogP contribution is 2.27. The van der Waals surface area contributed by atoms with E-state index in [0.29, 0.717) is 0 Å². The fourth-order valence-electron chi connectivity index (χ4n) is 2.38. The zero-order chi connectivity index (χ0) is 10.3. The first-order valence-electron chi connectivity index (χ1n) is 5.62. The van der Waals surface area contributed by atoms with Crippen molar-refractivity contribution in [1.82, 2.24) is 9.55 Å². The van der Waals surface area contributed by atoms with Crippen LogP contribution >= 0.6 is 0 Å². The van der Waals surface area contributed by atoms with Crippen LogP contribution in [0.4, 0.5) is 0 Å². The summed E-state index contributed by atoms with van der Waals surface area (Å²) in [5.41, 5.74) is 2.58. The molecule has 1 aromatic rings. The molecule has 0 spiro atoms. The molecule has 0 amide bonds. The molecule has 0 aliphatic carbocycles. The SMILES string of the molecule is Cc1nc2n(c1C)CCC(C(C)C)C2. The van der Waals surface area contributed by atoms with Crippen molar-refractivity contribution in [2.24, 2.45) is 11.8 Å². The van der Waals surface area contributed by atoms with Crippen LogP contribution in [0.1, 0.15) is 37.5 Å². The van der Waals surface area contributed by atoms with Gasteiger partial charge >= 0.3 is 0 Å². The van der Waals surface area contributed by atoms with Crippen molar-refractivity contribution in [2.75, 3.05) is 0 Å². The van der Waals surface area contributed by atoms with Gasteiger partial charge in [-0.3, -0.25) is 0 Å². The molecule has 0 fully saturated rings. The summed E-state index contributed by atoms with van der Waals surface area (Å²) < 4.78 is 2.40. The molecule has 1 unspecified atom stereocenters. The van der Waals surface area contributed by atoms with Crippen LogP contribution in [0.3, 0.4) is 0 Å². The van der Waals surface area contributed by atoms with E-state index in [0.717, 1.165) is 11.8 Å². The van der Waals surface area contributed by atoms with Gasteiger partial charge in [-0.2, -0.15) is 0 Å². The Morgan fingerprint density at radius 3 is 2.71 bits per heavy atom. The number of hydrogen-bond donors (Lipinski definition) is 0. The standard InChI is InChI=1S/C12H20N2/c1-8(2)11-5-6-14-10(4)9(3)13-12(14)7-11/h8,11H,5-7H2,1-4H3. The van der Waals surface area contributed by atoms with Gasteiger partial charge in [-0.05, 0) is 32.1 Å². The first kappa shape index (κ1) is 9.75. The van der Waals surface area contributed by atoms with E-state index in [4.69, 9.17) is 0 Å². The Labute approximate surface area is 86.3 Å². The van der Waals surface area contributed by atoms with Crippen LogP contribution in [0.15, 0.2) is 0 Å². The van der Waals surface area contributed by atoms with Crippen LogP contribution in [0.5, 0.6) is 0 Å². The number of hydrogen-bond acceptors (Lipinski definition) is 1. The average Bonchev–Trinajstić information content (AvgIpc) is 2.42. The molecule has 1 aliphatic heterocycles. The number of aryl methyl sites for hydroxylation is 1. The van der Waals surface area contributed by atoms with Gasteiger partial charge in [0.25, 0.3) is 0 Å². The lowest BCUT2D eigenvalue weighted by Gasteiger charge is -2.26. The fraction of sp³-hybridized carbons (Fsp3) is 0.750. The lowest BCUT2D eigenvalue weighted by molar-refractivity contribution is 0.297. The quantitative estimate of drug-likeness (QED) is 0.669. The highest BCUT2D eigenvalue weighted by molar-refractivity contribution is 5.16. The monoisotopic (exact) mass is 192 g/mol. The van der Waals surface area contributed by atoms with Gasteiger partial charge in [0.2, 0.25) is 0 Å². The molecular formula is C12H20N2. The highest BCUT2D eigenvalue weighted by Gasteiger charge is 2.23. The first-order valence-corrected chi connectivity index (χ1v) is 5.62. The molecule has 14 heavy (non-hydrogen) atoms. The van der Waals surface area contributed by atoms with Crippen molar-refractivity contribution < 1.29 is 0 Å². The van der Waals surface area contributed by atoms with Gasteiger partial charge in [-0.1, -0.05) is 13.8 Å². The number of rotatable bonds is 1. The van der Waals surface area contributed by atoms with E-state index in [-0.39, 0.29) is 0 Å². The summed E-state index contributed by atoms with van der Waals surface area (Å²) in [5.74, 6) is 2.94. The number of fused-ring (bicyclic) bond motifs is 1. The zero-order valence-corrected chi connectivity index (χ0v) is 9.67. The summed E-state index contributed by atoms with van der Waals surface area (Å²) in [6.45, 7) is 10.1. The molecule has 0 saturated heterocycles. The molecule has 0 radical (unpaired) electrons. The van der Waals surface area contributed by atoms with Gasteiger partial charge in [0, 0.05) is 18.7 Å². The molecule has 2 nitrogen and oxygen atoms in total. The van der Waals surface area contributed by atoms with Gasteiger partial charge in [-0.25, -0.2) is 4.98 Å². The molecule has 1 aliphatic rings. The second kappa shape index (κ2) is 3.41. The summed E-state index contributed by atoms with van der Waals surface area (Å²) in [6, 6.07) is 0. The number of aromatic nitrogens is 2. The lowest BCUT2D eigenvalue weighted by Crippen LogP contribution is -2.23. The van der Waals surface area contributed by atoms with Crippen molar-refractivity contribution in [3.63, 3.8) is 0 Å². The lowest BCUT2D eigenvalue weighted by atomic mass is 9.87. The number of nitrogens with zero attached hydrogens (tertiary/aromatic N) is 2. The second-order valence-electron chi connectivity index (χ2n) is 4.85. The van der Waals surface area contributed by atoms with Gasteiger partial charge in [0.05, 0.1) is 5.69 Å². The maximum atomic E-state index is 4.65. The Morgan fingerprint density at radius 2 is 2.07 bits per heavy atom. The summed E-state index contributed by atoms with van der Waals surface area (Å²) in [7, 11) is 0. The van der Waals surface area contributed by atoms with Crippen LogP contribution in [0, 0.1) is 25.7 Å². The molecule has 0 aromatic carbocycles. The third kappa shape index (κ3) is 1.47. The summed E-state index contributed by atoms with van der Waals surface area (Å²) in [4.78, 5) is 4.65. The van der Waals surface area contributed by atoms with Crippen molar-refractivity contribution in [3.05, 3.63) is 17.2 Å². The fourth-order valence-corrected chi connectivity index (χ4v) is 2.38. The Morgan fingerprint density at radius 1 is 1.36 bits per heavy atom. The van der Waals surface area contributed by atoms with E-state index < -0.39 is 0 Å². The molecule has 0 saturated carbocycles. The highest BCUT2D eigenvalue weighted by atomic mass is 15.1. The van der Waals surface area contributed by atoms with Crippen LogP contribution < -0.4 is 0 Å². The molecular weight excluding hydrogens is 172 g/mol. The van der Waals surface area contributed by atoms with E-state index >= 15 is 0 Å². The molecule has 2 heteroatoms. The summed E-state index contributed by atoms with van der Waals surface area (Å²) in [5, 5.41) is 0. The van der Waals surface area contributed by atoms with Crippen molar-refractivity contribution >= 4 is 0 Å². The maximum absolute atomic E-state index is 4.65.